The highest BCUT2D eigenvalue weighted by Gasteiger charge is 2.43. The second-order valence-corrected chi connectivity index (χ2v) is 9.59. The molecule has 11 heteroatoms. The number of methoxy groups -OCH3 is 1. The zero-order chi connectivity index (χ0) is 26.7. The molecule has 1 aliphatic rings. The minimum absolute atomic E-state index is 0.105. The van der Waals surface area contributed by atoms with Crippen molar-refractivity contribution >= 4 is 40.1 Å². The highest BCUT2D eigenvalue weighted by molar-refractivity contribution is 14.1. The Bertz CT molecular complexity index is 1340. The van der Waals surface area contributed by atoms with Crippen LogP contribution >= 0.6 is 22.6 Å². The van der Waals surface area contributed by atoms with Crippen LogP contribution in [0.15, 0.2) is 71.7 Å². The lowest BCUT2D eigenvalue weighted by atomic mass is 9.93. The molecule has 0 spiro atoms. The first kappa shape index (κ1) is 26.6. The maximum Gasteiger partial charge on any atom is 0.451 e. The number of hydrogen-bond acceptors (Lipinski definition) is 5. The summed E-state index contributed by atoms with van der Waals surface area (Å²) in [6.45, 7) is 2.45. The summed E-state index contributed by atoms with van der Waals surface area (Å²) >= 11 is 0.854. The van der Waals surface area contributed by atoms with Crippen molar-refractivity contribution in [1.29, 1.82) is 0 Å². The topological polar surface area (TPSA) is 89.9 Å². The molecule has 1 fully saturated rings. The van der Waals surface area contributed by atoms with Gasteiger partial charge in [0.1, 0.15) is 23.2 Å². The SMILES string of the molecule is CCn1cccc(N2C[C@@H](c3ccc(OC)cc3)[C@H](NC(=O)c3ccc(OC(F)(F)I)cc3)C2=O)c1=O. The van der Waals surface area contributed by atoms with Crippen LogP contribution in [0.5, 0.6) is 11.5 Å². The first-order chi connectivity index (χ1) is 17.6. The molecule has 0 radical (unpaired) electrons. The van der Waals surface area contributed by atoms with Gasteiger partial charge in [-0.25, -0.2) is 0 Å². The number of alkyl halides is 3. The smallest absolute Gasteiger partial charge is 0.451 e. The zero-order valence-electron chi connectivity index (χ0n) is 20.0. The van der Waals surface area contributed by atoms with E-state index < -0.39 is 27.9 Å². The molecular formula is C26H24F2IN3O5. The van der Waals surface area contributed by atoms with Gasteiger partial charge in [-0.05, 0) is 61.0 Å². The summed E-state index contributed by atoms with van der Waals surface area (Å²) in [5.74, 6) is -0.919. The minimum atomic E-state index is -3.39. The number of halogens is 3. The van der Waals surface area contributed by atoms with E-state index in [0.717, 1.165) is 28.2 Å². The van der Waals surface area contributed by atoms with Crippen LogP contribution in [0.3, 0.4) is 0 Å². The van der Waals surface area contributed by atoms with Crippen LogP contribution in [0.1, 0.15) is 28.8 Å². The summed E-state index contributed by atoms with van der Waals surface area (Å²) in [5.41, 5.74) is 0.867. The number of amides is 2. The van der Waals surface area contributed by atoms with Crippen molar-refractivity contribution in [2.75, 3.05) is 18.6 Å². The van der Waals surface area contributed by atoms with Crippen molar-refractivity contribution in [3.8, 4) is 11.5 Å². The number of benzene rings is 2. The van der Waals surface area contributed by atoms with E-state index in [9.17, 15) is 23.2 Å². The van der Waals surface area contributed by atoms with E-state index >= 15 is 0 Å². The van der Waals surface area contributed by atoms with Crippen molar-refractivity contribution in [3.63, 3.8) is 0 Å². The third kappa shape index (κ3) is 5.92. The first-order valence-electron chi connectivity index (χ1n) is 11.4. The fourth-order valence-electron chi connectivity index (χ4n) is 4.27. The van der Waals surface area contributed by atoms with Crippen molar-refractivity contribution in [2.24, 2.45) is 0 Å². The normalized spacial score (nSPS) is 17.5. The van der Waals surface area contributed by atoms with Crippen molar-refractivity contribution < 1.29 is 27.8 Å². The quantitative estimate of drug-likeness (QED) is 0.301. The molecule has 0 aliphatic carbocycles. The Kier molecular flexibility index (Phi) is 7.81. The second kappa shape index (κ2) is 10.9. The van der Waals surface area contributed by atoms with Gasteiger partial charge < -0.3 is 24.3 Å². The largest absolute Gasteiger partial charge is 0.497 e. The molecule has 2 atom stereocenters. The Labute approximate surface area is 225 Å². The van der Waals surface area contributed by atoms with Gasteiger partial charge >= 0.3 is 4.12 Å². The molecule has 2 aromatic carbocycles. The summed E-state index contributed by atoms with van der Waals surface area (Å²) in [4.78, 5) is 41.0. The number of ether oxygens (including phenoxy) is 2. The van der Waals surface area contributed by atoms with Gasteiger partial charge in [0, 0.05) is 30.8 Å². The number of anilines is 1. The predicted octanol–water partition coefficient (Wildman–Crippen LogP) is 4.17. The van der Waals surface area contributed by atoms with Gasteiger partial charge in [0.25, 0.3) is 11.5 Å². The van der Waals surface area contributed by atoms with Crippen LogP contribution in [-0.4, -0.2) is 40.2 Å². The number of carbonyl (C=O) groups is 2. The standard InChI is InChI=1S/C26H24F2IN3O5/c1-3-31-14-4-5-21(24(31)34)32-15-20(16-6-10-18(36-2)11-7-16)22(25(32)35)30-23(33)17-8-12-19(13-9-17)37-26(27,28)29/h4-14,20,22H,3,15H2,1-2H3,(H,30,33)/t20-,22-/m0/s1. The van der Waals surface area contributed by atoms with Crippen molar-refractivity contribution in [3.05, 3.63) is 88.3 Å². The first-order valence-corrected chi connectivity index (χ1v) is 12.5. The average molecular weight is 623 g/mol. The van der Waals surface area contributed by atoms with Gasteiger partial charge in [-0.2, -0.15) is 8.78 Å². The number of aromatic nitrogens is 1. The number of nitrogens with one attached hydrogen (secondary N) is 1. The highest BCUT2D eigenvalue weighted by Crippen LogP contribution is 2.33. The Balaban J connectivity index is 1.64. The van der Waals surface area contributed by atoms with Gasteiger partial charge in [-0.3, -0.25) is 14.4 Å². The second-order valence-electron chi connectivity index (χ2n) is 8.34. The number of carbonyl (C=O) groups excluding carboxylic acids is 2. The summed E-state index contributed by atoms with van der Waals surface area (Å²) in [6.07, 6.45) is 1.65. The van der Waals surface area contributed by atoms with Crippen LogP contribution in [0.4, 0.5) is 14.5 Å². The Morgan fingerprint density at radius 2 is 1.73 bits per heavy atom. The van der Waals surface area contributed by atoms with Gasteiger partial charge in [0.2, 0.25) is 5.91 Å². The molecule has 0 unspecified atom stereocenters. The molecule has 37 heavy (non-hydrogen) atoms. The lowest BCUT2D eigenvalue weighted by molar-refractivity contribution is -0.118. The molecule has 2 amide bonds. The molecule has 1 aromatic heterocycles. The molecule has 3 aromatic rings. The maximum absolute atomic E-state index is 13.6. The summed E-state index contributed by atoms with van der Waals surface area (Å²) < 4.78 is 34.0. The monoisotopic (exact) mass is 623 g/mol. The maximum atomic E-state index is 13.6. The van der Waals surface area contributed by atoms with E-state index in [1.807, 2.05) is 19.1 Å². The molecular weight excluding hydrogens is 599 g/mol. The molecule has 0 bridgehead atoms. The zero-order valence-corrected chi connectivity index (χ0v) is 22.1. The Hall–Kier alpha value is -3.48. The number of rotatable bonds is 8. The number of pyridine rings is 1. The summed E-state index contributed by atoms with van der Waals surface area (Å²) in [6, 6.07) is 14.6. The predicted molar refractivity (Wildman–Crippen MR) is 142 cm³/mol. The van der Waals surface area contributed by atoms with Crippen LogP contribution in [0, 0.1) is 0 Å². The van der Waals surface area contributed by atoms with E-state index in [0.29, 0.717) is 12.3 Å². The van der Waals surface area contributed by atoms with Crippen LogP contribution in [0.2, 0.25) is 0 Å². The van der Waals surface area contributed by atoms with E-state index in [-0.39, 0.29) is 29.1 Å². The molecule has 194 valence electrons. The molecule has 1 saturated heterocycles. The Morgan fingerprint density at radius 1 is 1.08 bits per heavy atom. The van der Waals surface area contributed by atoms with E-state index in [4.69, 9.17) is 4.74 Å². The molecule has 2 heterocycles. The number of hydrogen-bond donors (Lipinski definition) is 1. The number of nitrogens with zero attached hydrogens (tertiary/aromatic N) is 2. The van der Waals surface area contributed by atoms with Crippen molar-refractivity contribution in [2.45, 2.75) is 29.5 Å². The third-order valence-electron chi connectivity index (χ3n) is 6.13. The molecule has 4 rings (SSSR count). The molecule has 8 nitrogen and oxygen atoms in total. The average Bonchev–Trinajstić information content (AvgIpc) is 3.19. The molecule has 0 saturated carbocycles. The van der Waals surface area contributed by atoms with Gasteiger partial charge in [-0.15, -0.1) is 0 Å². The third-order valence-corrected chi connectivity index (χ3v) is 6.35. The van der Waals surface area contributed by atoms with E-state index in [1.54, 1.807) is 37.6 Å². The van der Waals surface area contributed by atoms with Crippen LogP contribution in [0.25, 0.3) is 0 Å². The van der Waals surface area contributed by atoms with E-state index in [2.05, 4.69) is 10.1 Å². The van der Waals surface area contributed by atoms with Crippen LogP contribution < -0.4 is 25.2 Å². The summed E-state index contributed by atoms with van der Waals surface area (Å²) in [7, 11) is 1.55. The minimum Gasteiger partial charge on any atom is -0.497 e. The summed E-state index contributed by atoms with van der Waals surface area (Å²) in [5, 5.41) is 2.78. The fourth-order valence-corrected chi connectivity index (χ4v) is 4.53. The highest BCUT2D eigenvalue weighted by atomic mass is 127. The number of aryl methyl sites for hydroxylation is 1. The molecule has 1 aliphatic heterocycles. The lowest BCUT2D eigenvalue weighted by Crippen LogP contribution is -2.44. The van der Waals surface area contributed by atoms with Gasteiger partial charge in [-0.1, -0.05) is 12.1 Å². The van der Waals surface area contributed by atoms with Crippen LogP contribution in [-0.2, 0) is 11.3 Å². The lowest BCUT2D eigenvalue weighted by Gasteiger charge is -2.19. The van der Waals surface area contributed by atoms with Gasteiger partial charge in [0.15, 0.2) is 0 Å². The molecule has 1 N–H and O–H groups in total. The Morgan fingerprint density at radius 3 is 2.32 bits per heavy atom. The van der Waals surface area contributed by atoms with E-state index in [1.165, 1.54) is 33.7 Å². The van der Waals surface area contributed by atoms with Gasteiger partial charge in [0.05, 0.1) is 29.7 Å². The van der Waals surface area contributed by atoms with Crippen molar-refractivity contribution in [1.82, 2.24) is 9.88 Å². The fraction of sp³-hybridized carbons (Fsp3) is 0.269.